The molecule has 0 amide bonds. The molecule has 0 bridgehead atoms. The van der Waals surface area contributed by atoms with Crippen LogP contribution < -0.4 is 29.6 Å². The first-order valence-corrected chi connectivity index (χ1v) is 11.3. The van der Waals surface area contributed by atoms with Gasteiger partial charge in [0.1, 0.15) is 0 Å². The lowest BCUT2D eigenvalue weighted by molar-refractivity contribution is 0.324. The largest absolute Gasteiger partial charge is 0.493 e. The molecule has 2 aromatic carbocycles. The fourth-order valence-corrected chi connectivity index (χ4v) is 3.41. The fourth-order valence-electron chi connectivity index (χ4n) is 2.80. The highest BCUT2D eigenvalue weighted by molar-refractivity contribution is 7.90. The zero-order valence-corrected chi connectivity index (χ0v) is 20.0. The van der Waals surface area contributed by atoms with E-state index >= 15 is 0 Å². The van der Waals surface area contributed by atoms with E-state index in [0.29, 0.717) is 34.3 Å². The molecule has 0 saturated carbocycles. The average Bonchev–Trinajstić information content (AvgIpc) is 2.81. The fraction of sp³-hybridized carbons (Fsp3) is 0.238. The standard InChI is InChI=1S/C21H25FN6O5S/c1-28(2)34(29,30)27-14-8-6-13(7-9-14)24-20-16(22)12-23-21(26-20)25-15-10-17(31-3)19(33-5)18(11-15)32-4/h6-12,27H,1-5H3,(H2,23,24,25,26). The molecule has 0 radical (unpaired) electrons. The Hall–Kier alpha value is -3.84. The molecule has 3 rings (SSSR count). The Balaban J connectivity index is 1.80. The van der Waals surface area contributed by atoms with Crippen molar-refractivity contribution in [3.05, 3.63) is 48.4 Å². The highest BCUT2D eigenvalue weighted by Crippen LogP contribution is 2.40. The predicted molar refractivity (Wildman–Crippen MR) is 127 cm³/mol. The Bertz CT molecular complexity index is 1230. The number of nitrogens with zero attached hydrogens (tertiary/aromatic N) is 3. The second kappa shape index (κ2) is 10.4. The normalized spacial score (nSPS) is 11.1. The number of nitrogens with one attached hydrogen (secondary N) is 3. The van der Waals surface area contributed by atoms with Crippen LogP contribution in [0.4, 0.5) is 33.2 Å². The van der Waals surface area contributed by atoms with Crippen LogP contribution in [0, 0.1) is 5.82 Å². The maximum absolute atomic E-state index is 14.4. The molecule has 0 aliphatic heterocycles. The highest BCUT2D eigenvalue weighted by atomic mass is 32.2. The number of methoxy groups -OCH3 is 3. The van der Waals surface area contributed by atoms with Gasteiger partial charge in [-0.05, 0) is 24.3 Å². The van der Waals surface area contributed by atoms with E-state index in [9.17, 15) is 12.8 Å². The number of anilines is 5. The number of aromatic nitrogens is 2. The van der Waals surface area contributed by atoms with Crippen molar-refractivity contribution in [2.24, 2.45) is 0 Å². The smallest absolute Gasteiger partial charge is 0.301 e. The SMILES string of the molecule is COc1cc(Nc2ncc(F)c(Nc3ccc(NS(=O)(=O)N(C)C)cc3)n2)cc(OC)c1OC. The van der Waals surface area contributed by atoms with E-state index in [1.54, 1.807) is 24.3 Å². The summed E-state index contributed by atoms with van der Waals surface area (Å²) < 4.78 is 57.6. The van der Waals surface area contributed by atoms with Crippen LogP contribution in [0.25, 0.3) is 0 Å². The summed E-state index contributed by atoms with van der Waals surface area (Å²) in [6, 6.07) is 9.57. The van der Waals surface area contributed by atoms with Crippen LogP contribution in [0.3, 0.4) is 0 Å². The van der Waals surface area contributed by atoms with Crippen molar-refractivity contribution < 1.29 is 27.0 Å². The highest BCUT2D eigenvalue weighted by Gasteiger charge is 2.15. The molecule has 0 fully saturated rings. The van der Waals surface area contributed by atoms with Crippen LogP contribution in [-0.4, -0.2) is 58.1 Å². The summed E-state index contributed by atoms with van der Waals surface area (Å²) in [5, 5.41) is 5.83. The second-order valence-corrected chi connectivity index (χ2v) is 8.91. The van der Waals surface area contributed by atoms with Crippen molar-refractivity contribution in [2.45, 2.75) is 0 Å². The Morgan fingerprint density at radius 3 is 2.00 bits per heavy atom. The molecule has 13 heteroatoms. The number of hydrogen-bond donors (Lipinski definition) is 3. The van der Waals surface area contributed by atoms with Gasteiger partial charge in [-0.3, -0.25) is 4.72 Å². The number of ether oxygens (including phenoxy) is 3. The maximum atomic E-state index is 14.4. The molecule has 0 atom stereocenters. The molecule has 0 aliphatic carbocycles. The van der Waals surface area contributed by atoms with E-state index in [1.165, 1.54) is 47.6 Å². The van der Waals surface area contributed by atoms with Gasteiger partial charge in [0.15, 0.2) is 23.1 Å². The molecule has 0 unspecified atom stereocenters. The maximum Gasteiger partial charge on any atom is 0.301 e. The van der Waals surface area contributed by atoms with Gasteiger partial charge in [0.2, 0.25) is 11.7 Å². The Morgan fingerprint density at radius 1 is 0.882 bits per heavy atom. The second-order valence-electron chi connectivity index (χ2n) is 7.02. The minimum Gasteiger partial charge on any atom is -0.493 e. The van der Waals surface area contributed by atoms with Crippen LogP contribution in [0.15, 0.2) is 42.6 Å². The molecule has 34 heavy (non-hydrogen) atoms. The monoisotopic (exact) mass is 492 g/mol. The van der Waals surface area contributed by atoms with E-state index in [2.05, 4.69) is 25.3 Å². The van der Waals surface area contributed by atoms with Gasteiger partial charge in [0, 0.05) is 43.3 Å². The molecule has 1 aromatic heterocycles. The summed E-state index contributed by atoms with van der Waals surface area (Å²) in [7, 11) is 3.69. The number of rotatable bonds is 10. The molecule has 3 N–H and O–H groups in total. The molecule has 0 aliphatic rings. The lowest BCUT2D eigenvalue weighted by Gasteiger charge is -2.15. The van der Waals surface area contributed by atoms with Gasteiger partial charge in [0.25, 0.3) is 0 Å². The van der Waals surface area contributed by atoms with Gasteiger partial charge in [-0.2, -0.15) is 17.7 Å². The topological polar surface area (TPSA) is 127 Å². The molecule has 1 heterocycles. The first-order valence-electron chi connectivity index (χ1n) is 9.83. The molecule has 11 nitrogen and oxygen atoms in total. The molecular formula is C21H25FN6O5S. The number of halogens is 1. The molecule has 3 aromatic rings. The average molecular weight is 493 g/mol. The summed E-state index contributed by atoms with van der Waals surface area (Å²) in [6.45, 7) is 0. The number of benzene rings is 2. The molecule has 0 spiro atoms. The third-order valence-electron chi connectivity index (χ3n) is 4.54. The third-order valence-corrected chi connectivity index (χ3v) is 6.00. The first kappa shape index (κ1) is 24.8. The van der Waals surface area contributed by atoms with Crippen molar-refractivity contribution in [1.82, 2.24) is 14.3 Å². The van der Waals surface area contributed by atoms with Crippen molar-refractivity contribution in [1.29, 1.82) is 0 Å². The van der Waals surface area contributed by atoms with Gasteiger partial charge in [-0.1, -0.05) is 0 Å². The Morgan fingerprint density at radius 2 is 1.47 bits per heavy atom. The summed E-state index contributed by atoms with van der Waals surface area (Å²) in [5.74, 6) is 0.645. The van der Waals surface area contributed by atoms with Gasteiger partial charge >= 0.3 is 10.2 Å². The van der Waals surface area contributed by atoms with Crippen molar-refractivity contribution in [2.75, 3.05) is 50.8 Å². The van der Waals surface area contributed by atoms with E-state index in [0.717, 1.165) is 10.5 Å². The van der Waals surface area contributed by atoms with Gasteiger partial charge in [-0.15, -0.1) is 0 Å². The van der Waals surface area contributed by atoms with Crippen LogP contribution in [0.2, 0.25) is 0 Å². The van der Waals surface area contributed by atoms with E-state index in [-0.39, 0.29) is 11.8 Å². The van der Waals surface area contributed by atoms with E-state index in [1.807, 2.05) is 0 Å². The van der Waals surface area contributed by atoms with Gasteiger partial charge in [0.05, 0.1) is 27.5 Å². The predicted octanol–water partition coefficient (Wildman–Crippen LogP) is 3.35. The van der Waals surface area contributed by atoms with Crippen LogP contribution in [0.5, 0.6) is 17.2 Å². The van der Waals surface area contributed by atoms with Gasteiger partial charge in [-0.25, -0.2) is 9.37 Å². The van der Waals surface area contributed by atoms with Crippen molar-refractivity contribution in [3.63, 3.8) is 0 Å². The summed E-state index contributed by atoms with van der Waals surface area (Å²) in [4.78, 5) is 8.15. The zero-order chi connectivity index (χ0) is 24.9. The minimum absolute atomic E-state index is 0.0773. The third kappa shape index (κ3) is 5.74. The Labute approximate surface area is 197 Å². The van der Waals surface area contributed by atoms with E-state index < -0.39 is 16.0 Å². The molecule has 0 saturated heterocycles. The van der Waals surface area contributed by atoms with Crippen molar-refractivity contribution in [3.8, 4) is 17.2 Å². The molecule has 182 valence electrons. The lowest BCUT2D eigenvalue weighted by atomic mass is 10.2. The Kier molecular flexibility index (Phi) is 7.58. The summed E-state index contributed by atoms with van der Waals surface area (Å²) in [5.41, 5.74) is 1.38. The zero-order valence-electron chi connectivity index (χ0n) is 19.2. The number of hydrogen-bond acceptors (Lipinski definition) is 9. The lowest BCUT2D eigenvalue weighted by Crippen LogP contribution is -2.28. The van der Waals surface area contributed by atoms with Crippen molar-refractivity contribution >= 4 is 39.0 Å². The quantitative estimate of drug-likeness (QED) is 0.390. The molecular weight excluding hydrogens is 467 g/mol. The van der Waals surface area contributed by atoms with Crippen LogP contribution in [0.1, 0.15) is 0 Å². The minimum atomic E-state index is -3.63. The van der Waals surface area contributed by atoms with Gasteiger partial charge < -0.3 is 24.8 Å². The summed E-state index contributed by atoms with van der Waals surface area (Å²) >= 11 is 0. The van der Waals surface area contributed by atoms with Crippen LogP contribution >= 0.6 is 0 Å². The van der Waals surface area contributed by atoms with Crippen LogP contribution in [-0.2, 0) is 10.2 Å². The summed E-state index contributed by atoms with van der Waals surface area (Å²) in [6.07, 6.45) is 1.02. The van der Waals surface area contributed by atoms with E-state index in [4.69, 9.17) is 14.2 Å². The first-order chi connectivity index (χ1) is 16.2.